The Morgan fingerprint density at radius 1 is 1.12 bits per heavy atom. The zero-order valence-corrected chi connectivity index (χ0v) is 23.6. The summed E-state index contributed by atoms with van der Waals surface area (Å²) in [6.07, 6.45) is -5.11. The monoisotopic (exact) mass is 626 g/mol. The minimum atomic E-state index is -4.88. The van der Waals surface area contributed by atoms with Gasteiger partial charge in [0.2, 0.25) is 0 Å². The SMILES string of the molecule is C[C@H]1O[C@@H](n2ccc(N)nc2=O)[C@H](OC2CCCO2)[C@@H]1OP(=O)(O)OC[C@H]1O[C@@H](n2cnc3c(N)ncnc32)[C@H](O)[C@@H]1O. The first-order chi connectivity index (χ1) is 20.5. The van der Waals surface area contributed by atoms with Gasteiger partial charge in [0.25, 0.3) is 0 Å². The maximum absolute atomic E-state index is 13.1. The number of rotatable bonds is 9. The molecule has 234 valence electrons. The lowest BCUT2D eigenvalue weighted by molar-refractivity contribution is -0.181. The molecule has 0 aromatic carbocycles. The molecular formula is C23H31N8O11P. The van der Waals surface area contributed by atoms with Gasteiger partial charge in [0.05, 0.1) is 19.0 Å². The average molecular weight is 627 g/mol. The Balaban J connectivity index is 1.16. The number of nitrogens with two attached hydrogens (primary N) is 2. The molecule has 3 aromatic heterocycles. The number of hydrogen-bond acceptors (Lipinski definition) is 16. The van der Waals surface area contributed by atoms with E-state index in [1.165, 1.54) is 29.5 Å². The van der Waals surface area contributed by atoms with Crippen LogP contribution in [0.25, 0.3) is 11.2 Å². The minimum Gasteiger partial charge on any atom is -0.387 e. The second-order valence-electron chi connectivity index (χ2n) is 10.3. The molecule has 0 spiro atoms. The lowest BCUT2D eigenvalue weighted by atomic mass is 10.1. The number of nitrogens with zero attached hydrogens (tertiary/aromatic N) is 6. The van der Waals surface area contributed by atoms with E-state index in [9.17, 15) is 24.5 Å². The van der Waals surface area contributed by atoms with Crippen LogP contribution < -0.4 is 17.2 Å². The number of aliphatic hydroxyl groups is 2. The highest BCUT2D eigenvalue weighted by Gasteiger charge is 2.51. The lowest BCUT2D eigenvalue weighted by Gasteiger charge is -2.28. The van der Waals surface area contributed by atoms with Crippen LogP contribution in [0.1, 0.15) is 32.2 Å². The summed E-state index contributed by atoms with van der Waals surface area (Å²) in [5.74, 6) is 0.119. The van der Waals surface area contributed by atoms with Gasteiger partial charge in [0.15, 0.2) is 30.2 Å². The highest BCUT2D eigenvalue weighted by atomic mass is 31.2. The van der Waals surface area contributed by atoms with E-state index in [4.69, 9.17) is 39.5 Å². The molecule has 0 radical (unpaired) electrons. The Labute approximate surface area is 242 Å². The summed E-state index contributed by atoms with van der Waals surface area (Å²) in [6.45, 7) is 1.39. The number of imidazole rings is 1. The van der Waals surface area contributed by atoms with Crippen molar-refractivity contribution in [2.24, 2.45) is 0 Å². The molecule has 6 heterocycles. The van der Waals surface area contributed by atoms with Crippen molar-refractivity contribution in [2.75, 3.05) is 24.7 Å². The fraction of sp³-hybridized carbons (Fsp3) is 0.609. The van der Waals surface area contributed by atoms with Crippen molar-refractivity contribution in [1.82, 2.24) is 29.1 Å². The van der Waals surface area contributed by atoms with E-state index >= 15 is 0 Å². The van der Waals surface area contributed by atoms with Gasteiger partial charge in [-0.2, -0.15) is 4.98 Å². The Kier molecular flexibility index (Phi) is 8.20. The molecule has 6 rings (SSSR count). The van der Waals surface area contributed by atoms with E-state index in [1.807, 2.05) is 0 Å². The Bertz CT molecular complexity index is 1570. The summed E-state index contributed by atoms with van der Waals surface area (Å²) in [5.41, 5.74) is 11.2. The molecular weight excluding hydrogens is 595 g/mol. The first kappa shape index (κ1) is 29.9. The van der Waals surface area contributed by atoms with E-state index in [-0.39, 0.29) is 22.8 Å². The smallest absolute Gasteiger partial charge is 0.387 e. The third kappa shape index (κ3) is 5.88. The van der Waals surface area contributed by atoms with E-state index in [2.05, 4.69) is 19.9 Å². The van der Waals surface area contributed by atoms with Crippen molar-refractivity contribution in [3.05, 3.63) is 35.4 Å². The number of phosphoric acid groups is 1. The van der Waals surface area contributed by atoms with Gasteiger partial charge in [0.1, 0.15) is 48.2 Å². The highest BCUT2D eigenvalue weighted by Crippen LogP contribution is 2.50. The van der Waals surface area contributed by atoms with Gasteiger partial charge in [-0.15, -0.1) is 0 Å². The average Bonchev–Trinajstić information content (AvgIpc) is 3.74. The normalized spacial score (nSPS) is 34.2. The lowest BCUT2D eigenvalue weighted by Crippen LogP contribution is -2.40. The zero-order valence-electron chi connectivity index (χ0n) is 22.7. The summed E-state index contributed by atoms with van der Waals surface area (Å²) in [5, 5.41) is 21.3. The van der Waals surface area contributed by atoms with Crippen molar-refractivity contribution >= 4 is 30.6 Å². The first-order valence-electron chi connectivity index (χ1n) is 13.4. The second-order valence-corrected chi connectivity index (χ2v) is 11.7. The maximum Gasteiger partial charge on any atom is 0.472 e. The van der Waals surface area contributed by atoms with Gasteiger partial charge in [0, 0.05) is 19.2 Å². The number of fused-ring (bicyclic) bond motifs is 1. The summed E-state index contributed by atoms with van der Waals surface area (Å²) in [7, 11) is -4.88. The molecule has 3 saturated heterocycles. The summed E-state index contributed by atoms with van der Waals surface area (Å²) >= 11 is 0. The summed E-state index contributed by atoms with van der Waals surface area (Å²) in [4.78, 5) is 39.0. The molecule has 3 aromatic rings. The van der Waals surface area contributed by atoms with Crippen LogP contribution in [0.5, 0.6) is 0 Å². The Morgan fingerprint density at radius 3 is 2.67 bits per heavy atom. The topological polar surface area (TPSA) is 264 Å². The molecule has 10 atom stereocenters. The fourth-order valence-corrected chi connectivity index (χ4v) is 6.27. The van der Waals surface area contributed by atoms with Crippen molar-refractivity contribution in [3.63, 3.8) is 0 Å². The van der Waals surface area contributed by atoms with E-state index in [0.717, 1.165) is 11.0 Å². The first-order valence-corrected chi connectivity index (χ1v) is 14.9. The van der Waals surface area contributed by atoms with Gasteiger partial charge in [-0.25, -0.2) is 24.3 Å². The molecule has 20 heteroatoms. The second kappa shape index (κ2) is 11.8. The van der Waals surface area contributed by atoms with E-state index in [1.54, 1.807) is 6.92 Å². The third-order valence-electron chi connectivity index (χ3n) is 7.40. The van der Waals surface area contributed by atoms with Crippen LogP contribution in [0.3, 0.4) is 0 Å². The van der Waals surface area contributed by atoms with Gasteiger partial charge >= 0.3 is 13.5 Å². The van der Waals surface area contributed by atoms with E-state index in [0.29, 0.717) is 13.0 Å². The fourth-order valence-electron chi connectivity index (χ4n) is 5.27. The number of anilines is 2. The maximum atomic E-state index is 13.1. The molecule has 0 amide bonds. The third-order valence-corrected chi connectivity index (χ3v) is 8.38. The van der Waals surface area contributed by atoms with Gasteiger partial charge in [-0.1, -0.05) is 0 Å². The number of aliphatic hydroxyl groups excluding tert-OH is 2. The summed E-state index contributed by atoms with van der Waals surface area (Å²) in [6, 6.07) is 1.40. The predicted octanol–water partition coefficient (Wildman–Crippen LogP) is -1.19. The van der Waals surface area contributed by atoms with Crippen molar-refractivity contribution < 1.29 is 47.7 Å². The van der Waals surface area contributed by atoms with Gasteiger partial charge in [-0.05, 0) is 19.4 Å². The number of hydrogen-bond donors (Lipinski definition) is 5. The molecule has 0 aliphatic carbocycles. The summed E-state index contributed by atoms with van der Waals surface area (Å²) < 4.78 is 49.7. The van der Waals surface area contributed by atoms with Crippen LogP contribution in [-0.2, 0) is 32.6 Å². The molecule has 3 aliphatic rings. The molecule has 3 aliphatic heterocycles. The molecule has 7 N–H and O–H groups in total. The van der Waals surface area contributed by atoms with Gasteiger partial charge in [-0.3, -0.25) is 18.2 Å². The predicted molar refractivity (Wildman–Crippen MR) is 143 cm³/mol. The number of nitrogen functional groups attached to an aromatic ring is 2. The number of ether oxygens (including phenoxy) is 4. The molecule has 19 nitrogen and oxygen atoms in total. The number of phosphoric ester groups is 1. The molecule has 3 fully saturated rings. The molecule has 2 unspecified atom stereocenters. The van der Waals surface area contributed by atoms with Crippen molar-refractivity contribution in [3.8, 4) is 0 Å². The molecule has 43 heavy (non-hydrogen) atoms. The van der Waals surface area contributed by atoms with Crippen molar-refractivity contribution in [1.29, 1.82) is 0 Å². The largest absolute Gasteiger partial charge is 0.472 e. The Hall–Kier alpha value is -3.10. The quantitative estimate of drug-likeness (QED) is 0.175. The zero-order chi connectivity index (χ0) is 30.5. The minimum absolute atomic E-state index is 0.00672. The number of aromatic nitrogens is 6. The van der Waals surface area contributed by atoms with Crippen LogP contribution in [0.15, 0.2) is 29.7 Å². The highest BCUT2D eigenvalue weighted by molar-refractivity contribution is 7.47. The van der Waals surface area contributed by atoms with Crippen LogP contribution in [0.2, 0.25) is 0 Å². The van der Waals surface area contributed by atoms with E-state index < -0.39 is 75.5 Å². The van der Waals surface area contributed by atoms with Crippen molar-refractivity contribution in [2.45, 2.75) is 75.1 Å². The van der Waals surface area contributed by atoms with Gasteiger partial charge < -0.3 is 45.5 Å². The van der Waals surface area contributed by atoms with Crippen LogP contribution in [0.4, 0.5) is 11.6 Å². The van der Waals surface area contributed by atoms with Crippen LogP contribution in [-0.4, -0.2) is 100 Å². The molecule has 0 saturated carbocycles. The molecule has 0 bridgehead atoms. The van der Waals surface area contributed by atoms with Crippen LogP contribution in [0, 0.1) is 0 Å². The van der Waals surface area contributed by atoms with Crippen LogP contribution >= 0.6 is 7.82 Å². The Morgan fingerprint density at radius 2 is 1.93 bits per heavy atom. The standard InChI is InChI=1S/C23H31N8O11P/c1-10-17(18(41-13-3-2-6-37-13)22(39-10)30-5-4-12(24)29-23(30)34)42-43(35,36)38-7-11-15(32)16(33)21(40-11)31-9-28-14-19(25)26-8-27-20(14)31/h4-5,8-11,13,15-18,21-22,32-33H,2-3,6-7H2,1H3,(H,35,36)(H2,24,29,34)(H2,25,26,27)/t10-,11-,13?,15-,16-,17-,18-,21-,22-/m1/s1.